The van der Waals surface area contributed by atoms with E-state index in [4.69, 9.17) is 0 Å². The number of pyridine rings is 1. The van der Waals surface area contributed by atoms with Crippen molar-refractivity contribution in [3.8, 4) is 0 Å². The van der Waals surface area contributed by atoms with Gasteiger partial charge in [-0.3, -0.25) is 14.5 Å². The summed E-state index contributed by atoms with van der Waals surface area (Å²) in [5.74, 6) is -0.0876. The standard InChI is InChI=1S/C22H25N5O2/c1-16-14-27-12-7-17(13-20(27)23-16)22(29)25-19-8-10-26(11-9-19)15-21(28)24-18-5-3-2-4-6-18/h2-7,12-14,19H,8-11,15H2,1H3,(H,24,28)(H,25,29). The maximum atomic E-state index is 12.6. The Morgan fingerprint density at radius 1 is 1.14 bits per heavy atom. The van der Waals surface area contributed by atoms with Crippen molar-refractivity contribution in [2.24, 2.45) is 0 Å². The molecule has 29 heavy (non-hydrogen) atoms. The van der Waals surface area contributed by atoms with E-state index in [0.29, 0.717) is 12.1 Å². The third kappa shape index (κ3) is 4.81. The first-order valence-electron chi connectivity index (χ1n) is 9.90. The minimum absolute atomic E-state index is 0.0121. The molecule has 2 aromatic heterocycles. The number of nitrogens with one attached hydrogen (secondary N) is 2. The van der Waals surface area contributed by atoms with Crippen LogP contribution >= 0.6 is 0 Å². The van der Waals surface area contributed by atoms with Crippen molar-refractivity contribution >= 4 is 23.1 Å². The molecule has 0 saturated carbocycles. The largest absolute Gasteiger partial charge is 0.349 e. The van der Waals surface area contributed by atoms with Gasteiger partial charge in [-0.2, -0.15) is 0 Å². The molecule has 0 aliphatic carbocycles. The van der Waals surface area contributed by atoms with Crippen LogP contribution in [-0.4, -0.2) is 51.8 Å². The van der Waals surface area contributed by atoms with Crippen LogP contribution in [0.5, 0.6) is 0 Å². The smallest absolute Gasteiger partial charge is 0.251 e. The lowest BCUT2D eigenvalue weighted by Crippen LogP contribution is -2.46. The molecule has 0 atom stereocenters. The van der Waals surface area contributed by atoms with Gasteiger partial charge < -0.3 is 15.0 Å². The first kappa shape index (κ1) is 19.1. The van der Waals surface area contributed by atoms with Gasteiger partial charge in [0.15, 0.2) is 0 Å². The minimum atomic E-state index is -0.0755. The first-order chi connectivity index (χ1) is 14.1. The molecule has 0 spiro atoms. The average molecular weight is 391 g/mol. The molecule has 0 unspecified atom stereocenters. The Morgan fingerprint density at radius 2 is 1.90 bits per heavy atom. The highest BCUT2D eigenvalue weighted by Crippen LogP contribution is 2.13. The van der Waals surface area contributed by atoms with Gasteiger partial charge in [0.25, 0.3) is 5.91 Å². The molecule has 1 aliphatic rings. The lowest BCUT2D eigenvalue weighted by Gasteiger charge is -2.31. The molecule has 7 nitrogen and oxygen atoms in total. The highest BCUT2D eigenvalue weighted by atomic mass is 16.2. The van der Waals surface area contributed by atoms with Gasteiger partial charge in [0, 0.05) is 42.8 Å². The predicted octanol–water partition coefficient (Wildman–Crippen LogP) is 2.48. The molecular formula is C22H25N5O2. The average Bonchev–Trinajstić information content (AvgIpc) is 3.09. The Balaban J connectivity index is 1.25. The van der Waals surface area contributed by atoms with Crippen LogP contribution in [-0.2, 0) is 4.79 Å². The Bertz CT molecular complexity index is 1010. The summed E-state index contributed by atoms with van der Waals surface area (Å²) in [6.07, 6.45) is 5.45. The SMILES string of the molecule is Cc1cn2ccc(C(=O)NC3CCN(CC(=O)Nc4ccccc4)CC3)cc2n1. The number of carbonyl (C=O) groups is 2. The van der Waals surface area contributed by atoms with Crippen molar-refractivity contribution in [3.05, 3.63) is 66.1 Å². The fourth-order valence-corrected chi connectivity index (χ4v) is 3.68. The topological polar surface area (TPSA) is 78.7 Å². The van der Waals surface area contributed by atoms with Crippen molar-refractivity contribution in [1.82, 2.24) is 19.6 Å². The predicted molar refractivity (Wildman–Crippen MR) is 112 cm³/mol. The summed E-state index contributed by atoms with van der Waals surface area (Å²) in [6.45, 7) is 3.86. The molecular weight excluding hydrogens is 366 g/mol. The van der Waals surface area contributed by atoms with Crippen LogP contribution in [0, 0.1) is 6.92 Å². The summed E-state index contributed by atoms with van der Waals surface area (Å²) in [5.41, 5.74) is 3.12. The van der Waals surface area contributed by atoms with Gasteiger partial charge in [-0.25, -0.2) is 4.98 Å². The van der Waals surface area contributed by atoms with Crippen LogP contribution in [0.4, 0.5) is 5.69 Å². The number of aryl methyl sites for hydroxylation is 1. The lowest BCUT2D eigenvalue weighted by atomic mass is 10.0. The fraction of sp³-hybridized carbons (Fsp3) is 0.318. The summed E-state index contributed by atoms with van der Waals surface area (Å²) in [6, 6.07) is 13.2. The molecule has 0 bridgehead atoms. The van der Waals surface area contributed by atoms with Gasteiger partial charge in [0.2, 0.25) is 5.91 Å². The third-order valence-corrected chi connectivity index (χ3v) is 5.19. The van der Waals surface area contributed by atoms with Crippen LogP contribution in [0.1, 0.15) is 28.9 Å². The zero-order valence-electron chi connectivity index (χ0n) is 16.5. The van der Waals surface area contributed by atoms with Crippen LogP contribution in [0.15, 0.2) is 54.9 Å². The second-order valence-electron chi connectivity index (χ2n) is 7.50. The number of para-hydroxylation sites is 1. The van der Waals surface area contributed by atoms with Crippen molar-refractivity contribution in [1.29, 1.82) is 0 Å². The number of hydrogen-bond donors (Lipinski definition) is 2. The molecule has 1 aliphatic heterocycles. The molecule has 1 fully saturated rings. The summed E-state index contributed by atoms with van der Waals surface area (Å²) in [7, 11) is 0. The van der Waals surface area contributed by atoms with E-state index < -0.39 is 0 Å². The number of carbonyl (C=O) groups excluding carboxylic acids is 2. The Labute approximate surface area is 169 Å². The van der Waals surface area contributed by atoms with Crippen LogP contribution in [0.2, 0.25) is 0 Å². The van der Waals surface area contributed by atoms with E-state index in [0.717, 1.165) is 43.0 Å². The molecule has 1 aromatic carbocycles. The summed E-state index contributed by atoms with van der Waals surface area (Å²) < 4.78 is 1.91. The summed E-state index contributed by atoms with van der Waals surface area (Å²) in [5, 5.41) is 6.03. The zero-order chi connectivity index (χ0) is 20.2. The maximum Gasteiger partial charge on any atom is 0.251 e. The van der Waals surface area contributed by atoms with Gasteiger partial charge in [-0.05, 0) is 44.0 Å². The molecule has 2 N–H and O–H groups in total. The van der Waals surface area contributed by atoms with E-state index in [9.17, 15) is 9.59 Å². The molecule has 4 rings (SSSR count). The van der Waals surface area contributed by atoms with Crippen LogP contribution < -0.4 is 10.6 Å². The van der Waals surface area contributed by atoms with Crippen molar-refractivity contribution in [3.63, 3.8) is 0 Å². The van der Waals surface area contributed by atoms with Crippen molar-refractivity contribution in [2.45, 2.75) is 25.8 Å². The number of amides is 2. The highest BCUT2D eigenvalue weighted by molar-refractivity contribution is 5.95. The molecule has 2 amide bonds. The lowest BCUT2D eigenvalue weighted by molar-refractivity contribution is -0.117. The van der Waals surface area contributed by atoms with E-state index in [1.54, 1.807) is 0 Å². The molecule has 1 saturated heterocycles. The monoisotopic (exact) mass is 391 g/mol. The van der Waals surface area contributed by atoms with Gasteiger partial charge in [-0.1, -0.05) is 18.2 Å². The molecule has 7 heteroatoms. The molecule has 0 radical (unpaired) electrons. The van der Waals surface area contributed by atoms with E-state index >= 15 is 0 Å². The number of piperidine rings is 1. The Hall–Kier alpha value is -3.19. The van der Waals surface area contributed by atoms with E-state index in [-0.39, 0.29) is 17.9 Å². The second kappa shape index (κ2) is 8.45. The first-order valence-corrected chi connectivity index (χ1v) is 9.90. The molecule has 150 valence electrons. The number of anilines is 1. The molecule has 3 aromatic rings. The number of imidazole rings is 1. The van der Waals surface area contributed by atoms with Crippen molar-refractivity contribution in [2.75, 3.05) is 25.0 Å². The van der Waals surface area contributed by atoms with Crippen molar-refractivity contribution < 1.29 is 9.59 Å². The van der Waals surface area contributed by atoms with Gasteiger partial charge >= 0.3 is 0 Å². The van der Waals surface area contributed by atoms with Crippen LogP contribution in [0.25, 0.3) is 5.65 Å². The highest BCUT2D eigenvalue weighted by Gasteiger charge is 2.22. The Kier molecular flexibility index (Phi) is 5.57. The quantitative estimate of drug-likeness (QED) is 0.700. The van der Waals surface area contributed by atoms with Crippen LogP contribution in [0.3, 0.4) is 0 Å². The minimum Gasteiger partial charge on any atom is -0.349 e. The second-order valence-corrected chi connectivity index (χ2v) is 7.50. The summed E-state index contributed by atoms with van der Waals surface area (Å²) >= 11 is 0. The molecule has 3 heterocycles. The number of nitrogens with zero attached hydrogens (tertiary/aromatic N) is 3. The van der Waals surface area contributed by atoms with Gasteiger partial charge in [0.05, 0.1) is 12.2 Å². The normalized spacial score (nSPS) is 15.3. The number of hydrogen-bond acceptors (Lipinski definition) is 4. The fourth-order valence-electron chi connectivity index (χ4n) is 3.68. The number of rotatable bonds is 5. The maximum absolute atomic E-state index is 12.6. The summed E-state index contributed by atoms with van der Waals surface area (Å²) in [4.78, 5) is 31.3. The third-order valence-electron chi connectivity index (χ3n) is 5.19. The van der Waals surface area contributed by atoms with Gasteiger partial charge in [-0.15, -0.1) is 0 Å². The number of likely N-dealkylation sites (tertiary alicyclic amines) is 1. The van der Waals surface area contributed by atoms with E-state index in [2.05, 4.69) is 20.5 Å². The Morgan fingerprint density at radius 3 is 2.66 bits per heavy atom. The number of fused-ring (bicyclic) bond motifs is 1. The van der Waals surface area contributed by atoms with E-state index in [1.807, 2.05) is 66.2 Å². The van der Waals surface area contributed by atoms with Gasteiger partial charge in [0.1, 0.15) is 5.65 Å². The van der Waals surface area contributed by atoms with E-state index in [1.165, 1.54) is 0 Å². The number of benzene rings is 1. The zero-order valence-corrected chi connectivity index (χ0v) is 16.5. The number of aromatic nitrogens is 2.